The third-order valence-corrected chi connectivity index (χ3v) is 4.34. The van der Waals surface area contributed by atoms with Gasteiger partial charge in [0.2, 0.25) is 0 Å². The van der Waals surface area contributed by atoms with Crippen molar-refractivity contribution in [3.63, 3.8) is 0 Å². The molecule has 0 N–H and O–H groups in total. The highest BCUT2D eigenvalue weighted by Gasteiger charge is 2.09. The van der Waals surface area contributed by atoms with Crippen LogP contribution in [0.4, 0.5) is 5.69 Å². The summed E-state index contributed by atoms with van der Waals surface area (Å²) in [6.07, 6.45) is 0. The van der Waals surface area contributed by atoms with Crippen molar-refractivity contribution in [3.8, 4) is 22.6 Å². The summed E-state index contributed by atoms with van der Waals surface area (Å²) in [6, 6.07) is 22.4. The van der Waals surface area contributed by atoms with Gasteiger partial charge in [-0.1, -0.05) is 29.8 Å². The van der Waals surface area contributed by atoms with Crippen molar-refractivity contribution in [2.45, 2.75) is 13.8 Å². The van der Waals surface area contributed by atoms with Crippen LogP contribution in [-0.4, -0.2) is 19.9 Å². The minimum absolute atomic E-state index is 0.830. The fraction of sp³-hybridized carbons (Fsp3) is 0.174. The van der Waals surface area contributed by atoms with E-state index in [0.29, 0.717) is 0 Å². The summed E-state index contributed by atoms with van der Waals surface area (Å²) in [7, 11) is 3.34. The second-order valence-electron chi connectivity index (χ2n) is 6.17. The highest BCUT2D eigenvalue weighted by atomic mass is 16.5. The van der Waals surface area contributed by atoms with Crippen LogP contribution in [0.25, 0.3) is 11.1 Å². The Labute approximate surface area is 154 Å². The number of benzene rings is 3. The molecule has 3 rings (SSSR count). The zero-order chi connectivity index (χ0) is 18.5. The van der Waals surface area contributed by atoms with Crippen LogP contribution in [0.15, 0.2) is 71.7 Å². The van der Waals surface area contributed by atoms with E-state index in [2.05, 4.69) is 37.3 Å². The molecule has 132 valence electrons. The number of ether oxygens (including phenoxy) is 2. The second kappa shape index (κ2) is 7.87. The Morgan fingerprint density at radius 2 is 1.35 bits per heavy atom. The number of hydrogen-bond acceptors (Lipinski definition) is 3. The molecule has 0 saturated carbocycles. The van der Waals surface area contributed by atoms with E-state index in [4.69, 9.17) is 14.5 Å². The Bertz CT molecular complexity index is 910. The van der Waals surface area contributed by atoms with E-state index in [1.165, 1.54) is 5.56 Å². The lowest BCUT2D eigenvalue weighted by Crippen LogP contribution is -1.99. The first kappa shape index (κ1) is 17.7. The smallest absolute Gasteiger partial charge is 0.119 e. The maximum Gasteiger partial charge on any atom is 0.119 e. The fourth-order valence-electron chi connectivity index (χ4n) is 2.89. The Balaban J connectivity index is 2.01. The molecule has 0 amide bonds. The lowest BCUT2D eigenvalue weighted by Gasteiger charge is -2.12. The molecule has 0 spiro atoms. The van der Waals surface area contributed by atoms with Crippen LogP contribution in [0.2, 0.25) is 0 Å². The third-order valence-electron chi connectivity index (χ3n) is 4.34. The average molecular weight is 345 g/mol. The van der Waals surface area contributed by atoms with Gasteiger partial charge in [-0.15, -0.1) is 0 Å². The van der Waals surface area contributed by atoms with Crippen molar-refractivity contribution in [2.24, 2.45) is 4.99 Å². The molecule has 0 aliphatic heterocycles. The maximum atomic E-state index is 5.27. The molecule has 0 aromatic heterocycles. The first-order valence-corrected chi connectivity index (χ1v) is 8.55. The zero-order valence-electron chi connectivity index (χ0n) is 15.6. The summed E-state index contributed by atoms with van der Waals surface area (Å²) in [6.45, 7) is 4.15. The van der Waals surface area contributed by atoms with Crippen molar-refractivity contribution < 1.29 is 9.47 Å². The lowest BCUT2D eigenvalue weighted by molar-refractivity contribution is 0.415. The highest BCUT2D eigenvalue weighted by molar-refractivity contribution is 6.05. The largest absolute Gasteiger partial charge is 0.497 e. The first-order chi connectivity index (χ1) is 12.6. The SMILES string of the molecule is COc1ccc(N=C(C)c2cc(C)ccc2-c2ccc(OC)cc2)cc1. The van der Waals surface area contributed by atoms with E-state index in [1.54, 1.807) is 14.2 Å². The molecule has 0 atom stereocenters. The van der Waals surface area contributed by atoms with Gasteiger partial charge < -0.3 is 9.47 Å². The number of nitrogens with zero attached hydrogens (tertiary/aromatic N) is 1. The van der Waals surface area contributed by atoms with E-state index in [-0.39, 0.29) is 0 Å². The molecule has 0 aliphatic rings. The molecule has 26 heavy (non-hydrogen) atoms. The molecule has 0 fully saturated rings. The van der Waals surface area contributed by atoms with Crippen molar-refractivity contribution in [1.29, 1.82) is 0 Å². The van der Waals surface area contributed by atoms with Crippen LogP contribution in [0.5, 0.6) is 11.5 Å². The van der Waals surface area contributed by atoms with Crippen LogP contribution >= 0.6 is 0 Å². The molecule has 3 heteroatoms. The predicted octanol–water partition coefficient (Wildman–Crippen LogP) is 5.82. The van der Waals surface area contributed by atoms with Gasteiger partial charge in [0, 0.05) is 11.3 Å². The van der Waals surface area contributed by atoms with Crippen molar-refractivity contribution in [3.05, 3.63) is 77.9 Å². The Morgan fingerprint density at radius 3 is 1.92 bits per heavy atom. The average Bonchev–Trinajstić information content (AvgIpc) is 2.68. The number of aryl methyl sites for hydroxylation is 1. The molecule has 0 bridgehead atoms. The number of methoxy groups -OCH3 is 2. The summed E-state index contributed by atoms with van der Waals surface area (Å²) < 4.78 is 10.5. The van der Waals surface area contributed by atoms with E-state index in [1.807, 2.05) is 43.3 Å². The summed E-state index contributed by atoms with van der Waals surface area (Å²) in [4.78, 5) is 4.80. The van der Waals surface area contributed by atoms with E-state index >= 15 is 0 Å². The van der Waals surface area contributed by atoms with Gasteiger partial charge in [0.25, 0.3) is 0 Å². The minimum Gasteiger partial charge on any atom is -0.497 e. The molecule has 0 unspecified atom stereocenters. The summed E-state index contributed by atoms with van der Waals surface area (Å²) in [5.41, 5.74) is 6.53. The number of aliphatic imine (C=N–C) groups is 1. The highest BCUT2D eigenvalue weighted by Crippen LogP contribution is 2.28. The van der Waals surface area contributed by atoms with Gasteiger partial charge in [0.1, 0.15) is 11.5 Å². The standard InChI is InChI=1S/C23H23NO2/c1-16-5-14-22(18-6-10-20(25-3)11-7-18)23(15-16)17(2)24-19-8-12-21(26-4)13-9-19/h5-15H,1-4H3. The van der Waals surface area contributed by atoms with Crippen LogP contribution < -0.4 is 9.47 Å². The Morgan fingerprint density at radius 1 is 0.769 bits per heavy atom. The molecule has 0 heterocycles. The minimum atomic E-state index is 0.830. The number of hydrogen-bond donors (Lipinski definition) is 0. The Kier molecular flexibility index (Phi) is 5.37. The molecular weight excluding hydrogens is 322 g/mol. The van der Waals surface area contributed by atoms with Gasteiger partial charge in [-0.05, 0) is 67.4 Å². The van der Waals surface area contributed by atoms with Crippen molar-refractivity contribution in [2.75, 3.05) is 14.2 Å². The van der Waals surface area contributed by atoms with E-state index in [0.717, 1.165) is 39.6 Å². The van der Waals surface area contributed by atoms with E-state index in [9.17, 15) is 0 Å². The van der Waals surface area contributed by atoms with Crippen LogP contribution in [0.3, 0.4) is 0 Å². The summed E-state index contributed by atoms with van der Waals surface area (Å²) in [5, 5.41) is 0. The van der Waals surface area contributed by atoms with Gasteiger partial charge in [-0.3, -0.25) is 4.99 Å². The molecule has 3 aromatic carbocycles. The van der Waals surface area contributed by atoms with Gasteiger partial charge in [-0.2, -0.15) is 0 Å². The first-order valence-electron chi connectivity index (χ1n) is 8.55. The molecule has 3 nitrogen and oxygen atoms in total. The molecular formula is C23H23NO2. The second-order valence-corrected chi connectivity index (χ2v) is 6.17. The lowest BCUT2D eigenvalue weighted by atomic mass is 9.95. The summed E-state index contributed by atoms with van der Waals surface area (Å²) >= 11 is 0. The molecule has 0 saturated heterocycles. The van der Waals surface area contributed by atoms with Crippen LogP contribution in [0.1, 0.15) is 18.1 Å². The normalized spacial score (nSPS) is 11.3. The fourth-order valence-corrected chi connectivity index (χ4v) is 2.89. The van der Waals surface area contributed by atoms with Crippen LogP contribution in [0, 0.1) is 6.92 Å². The zero-order valence-corrected chi connectivity index (χ0v) is 15.6. The van der Waals surface area contributed by atoms with Gasteiger partial charge in [0.15, 0.2) is 0 Å². The topological polar surface area (TPSA) is 30.8 Å². The van der Waals surface area contributed by atoms with E-state index < -0.39 is 0 Å². The van der Waals surface area contributed by atoms with Gasteiger partial charge >= 0.3 is 0 Å². The molecule has 3 aromatic rings. The van der Waals surface area contributed by atoms with Crippen molar-refractivity contribution in [1.82, 2.24) is 0 Å². The third kappa shape index (κ3) is 3.94. The molecule has 0 aliphatic carbocycles. The van der Waals surface area contributed by atoms with Crippen molar-refractivity contribution >= 4 is 11.4 Å². The van der Waals surface area contributed by atoms with Gasteiger partial charge in [-0.25, -0.2) is 0 Å². The predicted molar refractivity (Wildman–Crippen MR) is 108 cm³/mol. The summed E-state index contributed by atoms with van der Waals surface area (Å²) in [5.74, 6) is 1.68. The maximum absolute atomic E-state index is 5.27. The van der Waals surface area contributed by atoms with Gasteiger partial charge in [0.05, 0.1) is 19.9 Å². The Hall–Kier alpha value is -3.07. The van der Waals surface area contributed by atoms with Crippen LogP contribution in [-0.2, 0) is 0 Å². The number of rotatable bonds is 5. The molecule has 0 radical (unpaired) electrons. The monoisotopic (exact) mass is 345 g/mol. The quantitative estimate of drug-likeness (QED) is 0.546.